The molecule has 1 aliphatic heterocycles. The first-order chi connectivity index (χ1) is 11.1. The van der Waals surface area contributed by atoms with Gasteiger partial charge in [0.1, 0.15) is 6.04 Å². The molecular formula is C17H19N3O3. The number of morpholine rings is 1. The van der Waals surface area contributed by atoms with Gasteiger partial charge in [-0.05, 0) is 30.7 Å². The predicted molar refractivity (Wildman–Crippen MR) is 85.2 cm³/mol. The van der Waals surface area contributed by atoms with Crippen LogP contribution in [0.25, 0.3) is 6.08 Å². The summed E-state index contributed by atoms with van der Waals surface area (Å²) in [4.78, 5) is 25.8. The Morgan fingerprint density at radius 3 is 2.57 bits per heavy atom. The van der Waals surface area contributed by atoms with Gasteiger partial charge in [0.05, 0.1) is 24.8 Å². The minimum Gasteiger partial charge on any atom is -0.378 e. The van der Waals surface area contributed by atoms with Crippen molar-refractivity contribution < 1.29 is 14.3 Å². The summed E-state index contributed by atoms with van der Waals surface area (Å²) in [5, 5.41) is 11.4. The maximum Gasteiger partial charge on any atom is 0.245 e. The zero-order valence-corrected chi connectivity index (χ0v) is 13.0. The van der Waals surface area contributed by atoms with Gasteiger partial charge in [0.25, 0.3) is 0 Å². The monoisotopic (exact) mass is 313 g/mol. The number of carbonyl (C=O) groups excluding carboxylic acids is 2. The Bertz CT molecular complexity index is 625. The topological polar surface area (TPSA) is 82.4 Å². The Hall–Kier alpha value is -2.65. The summed E-state index contributed by atoms with van der Waals surface area (Å²) in [5.41, 5.74) is 1.38. The summed E-state index contributed by atoms with van der Waals surface area (Å²) in [7, 11) is 0. The fourth-order valence-electron chi connectivity index (χ4n) is 2.22. The second kappa shape index (κ2) is 8.11. The summed E-state index contributed by atoms with van der Waals surface area (Å²) in [6.07, 6.45) is 3.02. The zero-order chi connectivity index (χ0) is 16.7. The van der Waals surface area contributed by atoms with Crippen molar-refractivity contribution in [2.45, 2.75) is 13.0 Å². The van der Waals surface area contributed by atoms with Crippen molar-refractivity contribution >= 4 is 17.9 Å². The molecule has 120 valence electrons. The number of nitrogens with one attached hydrogen (secondary N) is 1. The van der Waals surface area contributed by atoms with E-state index in [0.717, 1.165) is 5.56 Å². The van der Waals surface area contributed by atoms with Gasteiger partial charge < -0.3 is 15.0 Å². The molecule has 1 aromatic rings. The van der Waals surface area contributed by atoms with Crippen LogP contribution in [0.1, 0.15) is 18.1 Å². The standard InChI is InChI=1S/C17H19N3O3/c1-13(17(22)20-8-10-23-11-9-20)19-16(21)7-6-14-2-4-15(12-18)5-3-14/h2-7,13H,8-11H2,1H3,(H,19,21)/b7-6-/t13-/m1/s1. The molecule has 0 aromatic heterocycles. The SMILES string of the molecule is C[C@@H](NC(=O)/C=C\c1ccc(C#N)cc1)C(=O)N1CCOCC1. The van der Waals surface area contributed by atoms with Gasteiger partial charge >= 0.3 is 0 Å². The first-order valence-electron chi connectivity index (χ1n) is 7.45. The van der Waals surface area contributed by atoms with Crippen LogP contribution in [0.15, 0.2) is 30.3 Å². The van der Waals surface area contributed by atoms with Gasteiger partial charge in [-0.3, -0.25) is 9.59 Å². The average Bonchev–Trinajstić information content (AvgIpc) is 2.60. The van der Waals surface area contributed by atoms with E-state index in [0.29, 0.717) is 31.9 Å². The van der Waals surface area contributed by atoms with Gasteiger partial charge in [-0.2, -0.15) is 5.26 Å². The molecule has 0 unspecified atom stereocenters. The number of carbonyl (C=O) groups is 2. The van der Waals surface area contributed by atoms with E-state index in [-0.39, 0.29) is 11.8 Å². The van der Waals surface area contributed by atoms with Crippen LogP contribution >= 0.6 is 0 Å². The molecule has 0 aliphatic carbocycles. The highest BCUT2D eigenvalue weighted by Crippen LogP contribution is 2.05. The number of amides is 2. The number of nitriles is 1. The predicted octanol–water partition coefficient (Wildman–Crippen LogP) is 0.935. The highest BCUT2D eigenvalue weighted by molar-refractivity contribution is 5.95. The third-order valence-electron chi connectivity index (χ3n) is 3.52. The fourth-order valence-corrected chi connectivity index (χ4v) is 2.22. The molecule has 1 saturated heterocycles. The van der Waals surface area contributed by atoms with Crippen LogP contribution in [-0.4, -0.2) is 49.1 Å². The summed E-state index contributed by atoms with van der Waals surface area (Å²) in [5.74, 6) is -0.433. The number of nitrogens with zero attached hydrogens (tertiary/aromatic N) is 2. The molecule has 0 bridgehead atoms. The van der Waals surface area contributed by atoms with Crippen molar-refractivity contribution in [1.82, 2.24) is 10.2 Å². The van der Waals surface area contributed by atoms with Crippen LogP contribution in [0.4, 0.5) is 0 Å². The lowest BCUT2D eigenvalue weighted by Crippen LogP contribution is -2.50. The van der Waals surface area contributed by atoms with E-state index < -0.39 is 6.04 Å². The van der Waals surface area contributed by atoms with Gasteiger partial charge in [-0.15, -0.1) is 0 Å². The second-order valence-corrected chi connectivity index (χ2v) is 5.24. The van der Waals surface area contributed by atoms with Gasteiger partial charge in [0.2, 0.25) is 11.8 Å². The first kappa shape index (κ1) is 16.7. The minimum absolute atomic E-state index is 0.103. The van der Waals surface area contributed by atoms with Crippen LogP contribution in [0, 0.1) is 11.3 Å². The van der Waals surface area contributed by atoms with Gasteiger partial charge in [-0.1, -0.05) is 12.1 Å². The summed E-state index contributed by atoms with van der Waals surface area (Å²) < 4.78 is 5.20. The van der Waals surface area contributed by atoms with Crippen LogP contribution in [-0.2, 0) is 14.3 Å². The molecule has 1 aliphatic rings. The Balaban J connectivity index is 1.86. The lowest BCUT2D eigenvalue weighted by atomic mass is 10.1. The molecule has 1 fully saturated rings. The third-order valence-corrected chi connectivity index (χ3v) is 3.52. The Labute approximate surface area is 135 Å². The molecule has 0 radical (unpaired) electrons. The Kier molecular flexibility index (Phi) is 5.89. The highest BCUT2D eigenvalue weighted by atomic mass is 16.5. The number of benzene rings is 1. The molecule has 23 heavy (non-hydrogen) atoms. The number of ether oxygens (including phenoxy) is 1. The summed E-state index contributed by atoms with van der Waals surface area (Å²) >= 11 is 0. The van der Waals surface area contributed by atoms with E-state index in [4.69, 9.17) is 10.00 Å². The van der Waals surface area contributed by atoms with E-state index in [1.54, 1.807) is 42.2 Å². The Morgan fingerprint density at radius 2 is 1.96 bits per heavy atom. The summed E-state index contributed by atoms with van der Waals surface area (Å²) in [6, 6.07) is 8.33. The van der Waals surface area contributed by atoms with Crippen LogP contribution in [0.3, 0.4) is 0 Å². The van der Waals surface area contributed by atoms with Gasteiger partial charge in [0.15, 0.2) is 0 Å². The fraction of sp³-hybridized carbons (Fsp3) is 0.353. The van der Waals surface area contributed by atoms with Crippen molar-refractivity contribution in [2.24, 2.45) is 0 Å². The summed E-state index contributed by atoms with van der Waals surface area (Å²) in [6.45, 7) is 3.85. The molecule has 1 atom stereocenters. The minimum atomic E-state index is -0.578. The van der Waals surface area contributed by atoms with E-state index in [2.05, 4.69) is 5.32 Å². The average molecular weight is 313 g/mol. The van der Waals surface area contributed by atoms with E-state index in [1.165, 1.54) is 6.08 Å². The molecule has 1 N–H and O–H groups in total. The van der Waals surface area contributed by atoms with Crippen molar-refractivity contribution in [3.8, 4) is 6.07 Å². The lowest BCUT2D eigenvalue weighted by Gasteiger charge is -2.29. The number of hydrogen-bond donors (Lipinski definition) is 1. The van der Waals surface area contributed by atoms with E-state index in [1.807, 2.05) is 6.07 Å². The lowest BCUT2D eigenvalue weighted by molar-refractivity contribution is -0.138. The van der Waals surface area contributed by atoms with Crippen LogP contribution in [0.5, 0.6) is 0 Å². The molecule has 2 rings (SSSR count). The molecule has 1 aromatic carbocycles. The van der Waals surface area contributed by atoms with Gasteiger partial charge in [0, 0.05) is 19.2 Å². The molecule has 6 nitrogen and oxygen atoms in total. The molecule has 0 saturated carbocycles. The Morgan fingerprint density at radius 1 is 1.30 bits per heavy atom. The number of rotatable bonds is 4. The molecular weight excluding hydrogens is 294 g/mol. The van der Waals surface area contributed by atoms with Crippen molar-refractivity contribution in [3.63, 3.8) is 0 Å². The van der Waals surface area contributed by atoms with Crippen LogP contribution in [0.2, 0.25) is 0 Å². The maximum absolute atomic E-state index is 12.2. The molecule has 1 heterocycles. The van der Waals surface area contributed by atoms with Crippen LogP contribution < -0.4 is 5.32 Å². The van der Waals surface area contributed by atoms with E-state index >= 15 is 0 Å². The smallest absolute Gasteiger partial charge is 0.245 e. The van der Waals surface area contributed by atoms with Gasteiger partial charge in [-0.25, -0.2) is 0 Å². The normalized spacial score (nSPS) is 15.9. The number of hydrogen-bond acceptors (Lipinski definition) is 4. The van der Waals surface area contributed by atoms with Crippen molar-refractivity contribution in [3.05, 3.63) is 41.5 Å². The molecule has 0 spiro atoms. The first-order valence-corrected chi connectivity index (χ1v) is 7.45. The van der Waals surface area contributed by atoms with Crippen molar-refractivity contribution in [1.29, 1.82) is 5.26 Å². The maximum atomic E-state index is 12.2. The van der Waals surface area contributed by atoms with E-state index in [9.17, 15) is 9.59 Å². The molecule has 2 amide bonds. The third kappa shape index (κ3) is 4.94. The quantitative estimate of drug-likeness (QED) is 0.839. The second-order valence-electron chi connectivity index (χ2n) is 5.24. The van der Waals surface area contributed by atoms with Crippen molar-refractivity contribution in [2.75, 3.05) is 26.3 Å². The zero-order valence-electron chi connectivity index (χ0n) is 13.0. The highest BCUT2D eigenvalue weighted by Gasteiger charge is 2.22. The molecule has 6 heteroatoms. The largest absolute Gasteiger partial charge is 0.378 e.